The predicted molar refractivity (Wildman–Crippen MR) is 63.8 cm³/mol. The molecule has 2 rings (SSSR count). The van der Waals surface area contributed by atoms with Gasteiger partial charge in [0.1, 0.15) is 11.6 Å². The summed E-state index contributed by atoms with van der Waals surface area (Å²) in [5.41, 5.74) is 0.577. The maximum Gasteiger partial charge on any atom is 0.130 e. The van der Waals surface area contributed by atoms with Gasteiger partial charge in [-0.05, 0) is 32.5 Å². The fourth-order valence-corrected chi connectivity index (χ4v) is 2.29. The number of halogens is 2. The molecule has 0 amide bonds. The average molecular weight is 240 g/mol. The van der Waals surface area contributed by atoms with E-state index in [1.807, 2.05) is 6.92 Å². The number of hydrogen-bond donors (Lipinski definition) is 1. The lowest BCUT2D eigenvalue weighted by molar-refractivity contribution is 0.221. The number of benzene rings is 1. The molecule has 1 aliphatic rings. The monoisotopic (exact) mass is 240 g/mol. The highest BCUT2D eigenvalue weighted by Gasteiger charge is 2.19. The summed E-state index contributed by atoms with van der Waals surface area (Å²) in [6.45, 7) is 5.76. The maximum absolute atomic E-state index is 13.7. The third-order valence-electron chi connectivity index (χ3n) is 3.33. The lowest BCUT2D eigenvalue weighted by Gasteiger charge is -2.27. The smallest absolute Gasteiger partial charge is 0.130 e. The van der Waals surface area contributed by atoms with E-state index in [0.29, 0.717) is 5.56 Å². The summed E-state index contributed by atoms with van der Waals surface area (Å²) in [5.74, 6) is -0.967. The van der Waals surface area contributed by atoms with Gasteiger partial charge in [0.15, 0.2) is 0 Å². The van der Waals surface area contributed by atoms with Gasteiger partial charge < -0.3 is 5.32 Å². The Hall–Kier alpha value is -1.00. The average Bonchev–Trinajstić information content (AvgIpc) is 2.56. The van der Waals surface area contributed by atoms with Crippen LogP contribution in [0.1, 0.15) is 24.9 Å². The van der Waals surface area contributed by atoms with Crippen molar-refractivity contribution in [2.24, 2.45) is 0 Å². The van der Waals surface area contributed by atoms with Crippen LogP contribution in [0, 0.1) is 11.6 Å². The van der Waals surface area contributed by atoms with Crippen LogP contribution < -0.4 is 5.32 Å². The lowest BCUT2D eigenvalue weighted by Crippen LogP contribution is -2.31. The van der Waals surface area contributed by atoms with Crippen molar-refractivity contribution < 1.29 is 8.78 Å². The van der Waals surface area contributed by atoms with Crippen molar-refractivity contribution in [1.82, 2.24) is 10.2 Å². The van der Waals surface area contributed by atoms with Gasteiger partial charge in [0, 0.05) is 30.8 Å². The van der Waals surface area contributed by atoms with Gasteiger partial charge in [0.05, 0.1) is 0 Å². The first-order valence-corrected chi connectivity index (χ1v) is 6.08. The Bertz CT molecular complexity index is 374. The molecule has 1 unspecified atom stereocenters. The topological polar surface area (TPSA) is 15.3 Å². The van der Waals surface area contributed by atoms with Crippen molar-refractivity contribution in [2.75, 3.05) is 26.2 Å². The normalized spacial score (nSPS) is 19.9. The molecule has 1 saturated heterocycles. The largest absolute Gasteiger partial charge is 0.315 e. The second-order valence-corrected chi connectivity index (χ2v) is 4.48. The van der Waals surface area contributed by atoms with Gasteiger partial charge in [-0.2, -0.15) is 0 Å². The Morgan fingerprint density at radius 2 is 2.06 bits per heavy atom. The van der Waals surface area contributed by atoms with Gasteiger partial charge in [-0.1, -0.05) is 6.07 Å². The minimum atomic E-state index is -0.518. The SMILES string of the molecule is CC(c1ccc(F)cc1F)N1CCCNCC1. The summed E-state index contributed by atoms with van der Waals surface area (Å²) in [6, 6.07) is 3.83. The molecule has 1 aliphatic heterocycles. The first-order chi connectivity index (χ1) is 8.18. The molecule has 1 aromatic carbocycles. The van der Waals surface area contributed by atoms with Gasteiger partial charge in [-0.25, -0.2) is 8.78 Å². The summed E-state index contributed by atoms with van der Waals surface area (Å²) < 4.78 is 26.5. The molecule has 17 heavy (non-hydrogen) atoms. The van der Waals surface area contributed by atoms with Gasteiger partial charge >= 0.3 is 0 Å². The number of hydrogen-bond acceptors (Lipinski definition) is 2. The van der Waals surface area contributed by atoms with E-state index in [0.717, 1.165) is 38.7 Å². The van der Waals surface area contributed by atoms with E-state index >= 15 is 0 Å². The Labute approximate surface area is 101 Å². The van der Waals surface area contributed by atoms with Crippen LogP contribution in [0.5, 0.6) is 0 Å². The van der Waals surface area contributed by atoms with Crippen LogP contribution in [0.15, 0.2) is 18.2 Å². The van der Waals surface area contributed by atoms with E-state index in [1.165, 1.54) is 6.07 Å². The summed E-state index contributed by atoms with van der Waals surface area (Å²) in [4.78, 5) is 2.23. The minimum absolute atomic E-state index is 0.00417. The minimum Gasteiger partial charge on any atom is -0.315 e. The quantitative estimate of drug-likeness (QED) is 0.853. The molecule has 1 atom stereocenters. The van der Waals surface area contributed by atoms with E-state index in [-0.39, 0.29) is 6.04 Å². The summed E-state index contributed by atoms with van der Waals surface area (Å²) >= 11 is 0. The number of rotatable bonds is 2. The molecular formula is C13H18F2N2. The standard InChI is InChI=1S/C13H18F2N2/c1-10(17-7-2-5-16-6-8-17)12-4-3-11(14)9-13(12)15/h3-4,9-10,16H,2,5-8H2,1H3. The Kier molecular flexibility index (Phi) is 4.07. The van der Waals surface area contributed by atoms with Crippen LogP contribution >= 0.6 is 0 Å². The zero-order chi connectivity index (χ0) is 12.3. The molecule has 0 saturated carbocycles. The molecule has 0 aromatic heterocycles. The van der Waals surface area contributed by atoms with E-state index in [9.17, 15) is 8.78 Å². The highest BCUT2D eigenvalue weighted by Crippen LogP contribution is 2.23. The first-order valence-electron chi connectivity index (χ1n) is 6.08. The van der Waals surface area contributed by atoms with Crippen molar-refractivity contribution in [3.8, 4) is 0 Å². The third kappa shape index (κ3) is 3.01. The van der Waals surface area contributed by atoms with Gasteiger partial charge in [0.25, 0.3) is 0 Å². The molecule has 1 fully saturated rings. The second-order valence-electron chi connectivity index (χ2n) is 4.48. The molecule has 4 heteroatoms. The van der Waals surface area contributed by atoms with Crippen molar-refractivity contribution >= 4 is 0 Å². The molecule has 0 radical (unpaired) electrons. The molecular weight excluding hydrogens is 222 g/mol. The molecule has 1 heterocycles. The van der Waals surface area contributed by atoms with Crippen molar-refractivity contribution in [1.29, 1.82) is 0 Å². The van der Waals surface area contributed by atoms with Crippen LogP contribution in [-0.2, 0) is 0 Å². The van der Waals surface area contributed by atoms with Crippen LogP contribution in [0.3, 0.4) is 0 Å². The van der Waals surface area contributed by atoms with Crippen LogP contribution in [-0.4, -0.2) is 31.1 Å². The Morgan fingerprint density at radius 3 is 2.82 bits per heavy atom. The fraction of sp³-hybridized carbons (Fsp3) is 0.538. The molecule has 0 bridgehead atoms. The van der Waals surface area contributed by atoms with E-state index in [2.05, 4.69) is 10.2 Å². The van der Waals surface area contributed by atoms with E-state index in [1.54, 1.807) is 6.07 Å². The van der Waals surface area contributed by atoms with Gasteiger partial charge in [-0.15, -0.1) is 0 Å². The highest BCUT2D eigenvalue weighted by molar-refractivity contribution is 5.21. The van der Waals surface area contributed by atoms with Crippen LogP contribution in [0.25, 0.3) is 0 Å². The third-order valence-corrected chi connectivity index (χ3v) is 3.33. The van der Waals surface area contributed by atoms with Crippen molar-refractivity contribution in [3.05, 3.63) is 35.4 Å². The summed E-state index contributed by atoms with van der Waals surface area (Å²) in [5, 5.41) is 3.31. The van der Waals surface area contributed by atoms with Crippen LogP contribution in [0.2, 0.25) is 0 Å². The highest BCUT2D eigenvalue weighted by atomic mass is 19.1. The Morgan fingerprint density at radius 1 is 1.24 bits per heavy atom. The molecule has 0 aliphatic carbocycles. The van der Waals surface area contributed by atoms with Gasteiger partial charge in [0.2, 0.25) is 0 Å². The second kappa shape index (κ2) is 5.56. The summed E-state index contributed by atoms with van der Waals surface area (Å²) in [7, 11) is 0. The molecule has 94 valence electrons. The molecule has 2 nitrogen and oxygen atoms in total. The van der Waals surface area contributed by atoms with Gasteiger partial charge in [-0.3, -0.25) is 4.90 Å². The lowest BCUT2D eigenvalue weighted by atomic mass is 10.1. The maximum atomic E-state index is 13.7. The predicted octanol–water partition coefficient (Wildman–Crippen LogP) is 2.32. The van der Waals surface area contributed by atoms with Crippen LogP contribution in [0.4, 0.5) is 8.78 Å². The fourth-order valence-electron chi connectivity index (χ4n) is 2.29. The Balaban J connectivity index is 2.14. The molecule has 1 aromatic rings. The van der Waals surface area contributed by atoms with E-state index in [4.69, 9.17) is 0 Å². The van der Waals surface area contributed by atoms with E-state index < -0.39 is 11.6 Å². The molecule has 0 spiro atoms. The van der Waals surface area contributed by atoms with Crippen molar-refractivity contribution in [2.45, 2.75) is 19.4 Å². The first kappa shape index (κ1) is 12.5. The summed E-state index contributed by atoms with van der Waals surface area (Å²) in [6.07, 6.45) is 1.06. The number of nitrogens with one attached hydrogen (secondary N) is 1. The zero-order valence-electron chi connectivity index (χ0n) is 10.0. The number of nitrogens with zero attached hydrogens (tertiary/aromatic N) is 1. The van der Waals surface area contributed by atoms with Crippen molar-refractivity contribution in [3.63, 3.8) is 0 Å². The zero-order valence-corrected chi connectivity index (χ0v) is 10.0. The molecule has 1 N–H and O–H groups in total.